The van der Waals surface area contributed by atoms with E-state index in [4.69, 9.17) is 10.7 Å². The first-order valence-corrected chi connectivity index (χ1v) is 10.7. The van der Waals surface area contributed by atoms with Crippen LogP contribution in [-0.4, -0.2) is 36.1 Å². The van der Waals surface area contributed by atoms with E-state index in [-0.39, 0.29) is 0 Å². The number of aryl methyl sites for hydroxylation is 1. The minimum atomic E-state index is -0.400. The summed E-state index contributed by atoms with van der Waals surface area (Å²) < 4.78 is 0. The molecule has 1 saturated carbocycles. The van der Waals surface area contributed by atoms with E-state index in [2.05, 4.69) is 29.3 Å². The lowest BCUT2D eigenvalue weighted by Gasteiger charge is -2.37. The Kier molecular flexibility index (Phi) is 5.54. The number of nitrogens with one attached hydrogen (secondary N) is 1. The van der Waals surface area contributed by atoms with Crippen LogP contribution in [0.15, 0.2) is 24.3 Å². The number of hydrogen-bond acceptors (Lipinski definition) is 4. The molecule has 150 valence electrons. The van der Waals surface area contributed by atoms with Gasteiger partial charge in [-0.25, -0.2) is 4.98 Å². The predicted octanol–water partition coefficient (Wildman–Crippen LogP) is 3.78. The van der Waals surface area contributed by atoms with Gasteiger partial charge in [-0.3, -0.25) is 4.79 Å². The van der Waals surface area contributed by atoms with Crippen molar-refractivity contribution < 1.29 is 4.79 Å². The third-order valence-corrected chi connectivity index (χ3v) is 6.50. The first-order chi connectivity index (χ1) is 13.5. The molecule has 1 aromatic carbocycles. The van der Waals surface area contributed by atoms with E-state index >= 15 is 0 Å². The topological polar surface area (TPSA) is 71.2 Å². The number of benzene rings is 1. The number of hydrogen-bond donors (Lipinski definition) is 2. The van der Waals surface area contributed by atoms with Crippen molar-refractivity contribution in [2.24, 2.45) is 11.7 Å². The maximum absolute atomic E-state index is 12.1. The van der Waals surface area contributed by atoms with Crippen molar-refractivity contribution in [3.63, 3.8) is 0 Å². The fourth-order valence-electron chi connectivity index (χ4n) is 4.73. The molecule has 3 N–H and O–H groups in total. The van der Waals surface area contributed by atoms with E-state index in [0.717, 1.165) is 54.1 Å². The number of pyridine rings is 1. The normalized spacial score (nSPS) is 23.9. The highest BCUT2D eigenvalue weighted by molar-refractivity contribution is 6.01. The van der Waals surface area contributed by atoms with Crippen LogP contribution in [0.5, 0.6) is 0 Å². The fourth-order valence-corrected chi connectivity index (χ4v) is 4.73. The standard InChI is InChI=1S/C23H32N4O/c1-15-3-6-18(7-4-15)25-19-9-11-27(12-10-19)23-20(22(24)28)14-17-13-16(2)5-8-21(17)26-23/h5,8,13-15,18-19,25H,3-4,6-7,9-12H2,1-2H3,(H2,24,28). The average Bonchev–Trinajstić information content (AvgIpc) is 2.69. The minimum Gasteiger partial charge on any atom is -0.365 e. The Balaban J connectivity index is 1.46. The van der Waals surface area contributed by atoms with Crippen LogP contribution in [0.4, 0.5) is 5.82 Å². The number of anilines is 1. The zero-order valence-electron chi connectivity index (χ0n) is 17.1. The van der Waals surface area contributed by atoms with E-state index in [1.807, 2.05) is 19.1 Å². The van der Waals surface area contributed by atoms with Gasteiger partial charge in [-0.05, 0) is 69.6 Å². The Hall–Kier alpha value is -2.14. The molecule has 5 nitrogen and oxygen atoms in total. The Labute approximate surface area is 167 Å². The van der Waals surface area contributed by atoms with Crippen LogP contribution in [-0.2, 0) is 0 Å². The van der Waals surface area contributed by atoms with Crippen LogP contribution < -0.4 is 16.0 Å². The Morgan fingerprint density at radius 2 is 1.75 bits per heavy atom. The molecule has 1 aliphatic carbocycles. The average molecular weight is 381 g/mol. The van der Waals surface area contributed by atoms with Crippen molar-refractivity contribution in [3.8, 4) is 0 Å². The molecule has 2 aliphatic rings. The minimum absolute atomic E-state index is 0.400. The summed E-state index contributed by atoms with van der Waals surface area (Å²) in [6.07, 6.45) is 7.46. The molecule has 4 rings (SSSR count). The van der Waals surface area contributed by atoms with Crippen LogP contribution in [0.25, 0.3) is 10.9 Å². The maximum Gasteiger partial charge on any atom is 0.252 e. The molecular weight excluding hydrogens is 348 g/mol. The summed E-state index contributed by atoms with van der Waals surface area (Å²) >= 11 is 0. The number of carbonyl (C=O) groups is 1. The third-order valence-electron chi connectivity index (χ3n) is 6.50. The van der Waals surface area contributed by atoms with Gasteiger partial charge in [0.2, 0.25) is 0 Å². The number of nitrogens with two attached hydrogens (primary N) is 1. The Morgan fingerprint density at radius 3 is 2.43 bits per heavy atom. The SMILES string of the molecule is Cc1ccc2nc(N3CCC(NC4CCC(C)CC4)CC3)c(C(N)=O)cc2c1. The second-order valence-corrected chi connectivity index (χ2v) is 8.80. The second kappa shape index (κ2) is 8.08. The van der Waals surface area contributed by atoms with Crippen LogP contribution in [0.3, 0.4) is 0 Å². The lowest BCUT2D eigenvalue weighted by molar-refractivity contribution is 0.100. The lowest BCUT2D eigenvalue weighted by atomic mass is 9.86. The highest BCUT2D eigenvalue weighted by atomic mass is 16.1. The number of piperidine rings is 1. The number of primary amides is 1. The highest BCUT2D eigenvalue weighted by Gasteiger charge is 2.26. The molecule has 0 unspecified atom stereocenters. The molecule has 1 saturated heterocycles. The first kappa shape index (κ1) is 19.2. The van der Waals surface area contributed by atoms with E-state index < -0.39 is 5.91 Å². The zero-order valence-corrected chi connectivity index (χ0v) is 17.1. The van der Waals surface area contributed by atoms with Crippen LogP contribution in [0.2, 0.25) is 0 Å². The maximum atomic E-state index is 12.1. The molecule has 0 spiro atoms. The summed E-state index contributed by atoms with van der Waals surface area (Å²) in [6, 6.07) is 9.28. The molecule has 1 amide bonds. The fraction of sp³-hybridized carbons (Fsp3) is 0.565. The first-order valence-electron chi connectivity index (χ1n) is 10.7. The molecule has 28 heavy (non-hydrogen) atoms. The number of nitrogens with zero attached hydrogens (tertiary/aromatic N) is 2. The number of aromatic nitrogens is 1. The van der Waals surface area contributed by atoms with Gasteiger partial charge in [0.1, 0.15) is 5.82 Å². The van der Waals surface area contributed by atoms with Crippen LogP contribution in [0, 0.1) is 12.8 Å². The number of rotatable bonds is 4. The second-order valence-electron chi connectivity index (χ2n) is 8.80. The van der Waals surface area contributed by atoms with E-state index in [1.54, 1.807) is 0 Å². The third kappa shape index (κ3) is 4.14. The summed E-state index contributed by atoms with van der Waals surface area (Å²) in [6.45, 7) is 6.22. The predicted molar refractivity (Wildman–Crippen MR) is 115 cm³/mol. The van der Waals surface area contributed by atoms with Gasteiger partial charge in [0.15, 0.2) is 0 Å². The van der Waals surface area contributed by atoms with E-state index in [0.29, 0.717) is 17.6 Å². The number of amides is 1. The van der Waals surface area contributed by atoms with E-state index in [9.17, 15) is 4.79 Å². The molecule has 5 heteroatoms. The summed E-state index contributed by atoms with van der Waals surface area (Å²) in [5, 5.41) is 4.86. The van der Waals surface area contributed by atoms with Crippen molar-refractivity contribution >= 4 is 22.6 Å². The van der Waals surface area contributed by atoms with Crippen molar-refractivity contribution in [3.05, 3.63) is 35.4 Å². The molecule has 0 atom stereocenters. The number of fused-ring (bicyclic) bond motifs is 1. The summed E-state index contributed by atoms with van der Waals surface area (Å²) in [5.41, 5.74) is 8.30. The molecule has 1 aromatic heterocycles. The number of carbonyl (C=O) groups excluding carboxylic acids is 1. The quantitative estimate of drug-likeness (QED) is 0.847. The molecule has 0 radical (unpaired) electrons. The zero-order chi connectivity index (χ0) is 19.7. The molecule has 2 fully saturated rings. The van der Waals surface area contributed by atoms with Crippen molar-refractivity contribution in [2.75, 3.05) is 18.0 Å². The summed E-state index contributed by atoms with van der Waals surface area (Å²) in [7, 11) is 0. The molecular formula is C23H32N4O. The van der Waals surface area contributed by atoms with Crippen molar-refractivity contribution in [2.45, 2.75) is 64.5 Å². The Bertz CT molecular complexity index is 849. The van der Waals surface area contributed by atoms with Gasteiger partial charge in [-0.15, -0.1) is 0 Å². The summed E-state index contributed by atoms with van der Waals surface area (Å²) in [4.78, 5) is 19.1. The highest BCUT2D eigenvalue weighted by Crippen LogP contribution is 2.28. The molecule has 1 aliphatic heterocycles. The smallest absolute Gasteiger partial charge is 0.252 e. The van der Waals surface area contributed by atoms with Crippen LogP contribution >= 0.6 is 0 Å². The molecule has 2 heterocycles. The molecule has 0 bridgehead atoms. The monoisotopic (exact) mass is 380 g/mol. The van der Waals surface area contributed by atoms with Gasteiger partial charge in [0, 0.05) is 30.6 Å². The van der Waals surface area contributed by atoms with E-state index in [1.165, 1.54) is 25.7 Å². The van der Waals surface area contributed by atoms with Gasteiger partial charge < -0.3 is 16.0 Å². The summed E-state index contributed by atoms with van der Waals surface area (Å²) in [5.74, 6) is 1.23. The van der Waals surface area contributed by atoms with Gasteiger partial charge in [0.25, 0.3) is 5.91 Å². The van der Waals surface area contributed by atoms with Crippen molar-refractivity contribution in [1.82, 2.24) is 10.3 Å². The van der Waals surface area contributed by atoms with Gasteiger partial charge in [0.05, 0.1) is 11.1 Å². The Morgan fingerprint density at radius 1 is 1.07 bits per heavy atom. The van der Waals surface area contributed by atoms with Crippen LogP contribution in [0.1, 0.15) is 61.4 Å². The molecule has 2 aromatic rings. The largest absolute Gasteiger partial charge is 0.365 e. The van der Waals surface area contributed by atoms with Gasteiger partial charge in [-0.1, -0.05) is 18.6 Å². The van der Waals surface area contributed by atoms with Gasteiger partial charge >= 0.3 is 0 Å². The van der Waals surface area contributed by atoms with Gasteiger partial charge in [-0.2, -0.15) is 0 Å². The lowest BCUT2D eigenvalue weighted by Crippen LogP contribution is -2.47. The van der Waals surface area contributed by atoms with Crippen molar-refractivity contribution in [1.29, 1.82) is 0 Å².